The van der Waals surface area contributed by atoms with Crippen molar-refractivity contribution in [2.24, 2.45) is 0 Å². The van der Waals surface area contributed by atoms with Crippen LogP contribution in [0.25, 0.3) is 0 Å². The maximum Gasteiger partial charge on any atom is 0.313 e. The van der Waals surface area contributed by atoms with E-state index in [1.807, 2.05) is 25.1 Å². The quantitative estimate of drug-likeness (QED) is 0.767. The molecule has 0 fully saturated rings. The van der Waals surface area contributed by atoms with Crippen LogP contribution in [-0.4, -0.2) is 49.4 Å². The third-order valence-corrected chi connectivity index (χ3v) is 3.37. The van der Waals surface area contributed by atoms with Gasteiger partial charge in [-0.1, -0.05) is 0 Å². The number of ether oxygens (including phenoxy) is 1. The van der Waals surface area contributed by atoms with Crippen LogP contribution in [0.3, 0.4) is 0 Å². The number of aromatic nitrogens is 1. The number of furan rings is 1. The van der Waals surface area contributed by atoms with Gasteiger partial charge in [0, 0.05) is 12.7 Å². The van der Waals surface area contributed by atoms with E-state index in [0.717, 1.165) is 0 Å². The number of nitrogens with zero attached hydrogens (tertiary/aromatic N) is 2. The number of carbonyl (C=O) groups excluding carboxylic acids is 2. The molecule has 8 heteroatoms. The molecule has 0 bridgehead atoms. The molecule has 0 saturated heterocycles. The number of likely N-dealkylation sites (N-methyl/N-ethyl adjacent to an activating group) is 1. The summed E-state index contributed by atoms with van der Waals surface area (Å²) in [6.45, 7) is 0.233. The number of hydrogen-bond acceptors (Lipinski definition) is 6. The highest BCUT2D eigenvalue weighted by Gasteiger charge is 2.21. The van der Waals surface area contributed by atoms with E-state index in [9.17, 15) is 9.59 Å². The number of rotatable bonds is 6. The minimum Gasteiger partial charge on any atom is -0.480 e. The Bertz CT molecular complexity index is 685. The third-order valence-electron chi connectivity index (χ3n) is 3.37. The Balaban J connectivity index is 1.95. The molecule has 0 aliphatic rings. The van der Waals surface area contributed by atoms with Crippen molar-refractivity contribution < 1.29 is 18.7 Å². The first kappa shape index (κ1) is 17.5. The maximum atomic E-state index is 12.0. The molecule has 1 atom stereocenters. The third kappa shape index (κ3) is 4.32. The fourth-order valence-corrected chi connectivity index (χ4v) is 2.12. The lowest BCUT2D eigenvalue weighted by molar-refractivity contribution is -0.136. The topological polar surface area (TPSA) is 96.7 Å². The van der Waals surface area contributed by atoms with Crippen molar-refractivity contribution in [3.05, 3.63) is 42.5 Å². The molecule has 2 heterocycles. The smallest absolute Gasteiger partial charge is 0.313 e. The van der Waals surface area contributed by atoms with Gasteiger partial charge in [-0.05, 0) is 38.4 Å². The van der Waals surface area contributed by atoms with Crippen molar-refractivity contribution in [1.29, 1.82) is 0 Å². The molecule has 0 spiro atoms. The van der Waals surface area contributed by atoms with Gasteiger partial charge in [-0.2, -0.15) is 0 Å². The van der Waals surface area contributed by atoms with Crippen molar-refractivity contribution in [3.8, 4) is 5.88 Å². The molecule has 2 rings (SSSR count). The molecule has 0 saturated carbocycles. The van der Waals surface area contributed by atoms with Crippen LogP contribution >= 0.6 is 0 Å². The Morgan fingerprint density at radius 1 is 1.29 bits per heavy atom. The zero-order chi connectivity index (χ0) is 17.5. The number of hydrogen-bond donors (Lipinski definition) is 2. The SMILES string of the molecule is COc1ncccc1NC(=O)C(=O)NCC(c1ccco1)N(C)C. The first-order chi connectivity index (χ1) is 11.5. The molecule has 1 unspecified atom stereocenters. The van der Waals surface area contributed by atoms with E-state index in [-0.39, 0.29) is 18.5 Å². The molecular formula is C16H20N4O4. The zero-order valence-corrected chi connectivity index (χ0v) is 13.8. The van der Waals surface area contributed by atoms with Crippen molar-refractivity contribution >= 4 is 17.5 Å². The highest BCUT2D eigenvalue weighted by atomic mass is 16.5. The van der Waals surface area contributed by atoms with Gasteiger partial charge in [0.15, 0.2) is 0 Å². The molecule has 128 valence electrons. The molecule has 2 amide bonds. The fourth-order valence-electron chi connectivity index (χ4n) is 2.12. The summed E-state index contributed by atoms with van der Waals surface area (Å²) in [6, 6.07) is 6.65. The van der Waals surface area contributed by atoms with Gasteiger partial charge in [-0.3, -0.25) is 14.5 Å². The van der Waals surface area contributed by atoms with Gasteiger partial charge in [-0.15, -0.1) is 0 Å². The van der Waals surface area contributed by atoms with Gasteiger partial charge in [-0.25, -0.2) is 4.98 Å². The van der Waals surface area contributed by atoms with E-state index < -0.39 is 11.8 Å². The van der Waals surface area contributed by atoms with Gasteiger partial charge in [0.1, 0.15) is 11.4 Å². The summed E-state index contributed by atoms with van der Waals surface area (Å²) in [6.07, 6.45) is 3.09. The average molecular weight is 332 g/mol. The van der Waals surface area contributed by atoms with Gasteiger partial charge < -0.3 is 19.8 Å². The average Bonchev–Trinajstić information content (AvgIpc) is 3.09. The van der Waals surface area contributed by atoms with Crippen LogP contribution in [0.5, 0.6) is 5.88 Å². The lowest BCUT2D eigenvalue weighted by atomic mass is 10.2. The Hall–Kier alpha value is -2.87. The first-order valence-corrected chi connectivity index (χ1v) is 7.31. The van der Waals surface area contributed by atoms with E-state index in [4.69, 9.17) is 9.15 Å². The van der Waals surface area contributed by atoms with Crippen molar-refractivity contribution in [1.82, 2.24) is 15.2 Å². The van der Waals surface area contributed by atoms with Crippen LogP contribution in [-0.2, 0) is 9.59 Å². The van der Waals surface area contributed by atoms with Crippen LogP contribution in [0, 0.1) is 0 Å². The molecule has 2 N–H and O–H groups in total. The Morgan fingerprint density at radius 2 is 2.08 bits per heavy atom. The summed E-state index contributed by atoms with van der Waals surface area (Å²) in [5.41, 5.74) is 0.329. The number of methoxy groups -OCH3 is 1. The van der Waals surface area contributed by atoms with E-state index in [0.29, 0.717) is 11.4 Å². The van der Waals surface area contributed by atoms with E-state index in [2.05, 4.69) is 15.6 Å². The molecule has 8 nitrogen and oxygen atoms in total. The largest absolute Gasteiger partial charge is 0.480 e. The Kier molecular flexibility index (Phi) is 5.91. The second-order valence-electron chi connectivity index (χ2n) is 5.22. The fraction of sp³-hybridized carbons (Fsp3) is 0.312. The van der Waals surface area contributed by atoms with Gasteiger partial charge >= 0.3 is 11.8 Å². The molecule has 0 aliphatic carbocycles. The highest BCUT2D eigenvalue weighted by molar-refractivity contribution is 6.39. The van der Waals surface area contributed by atoms with Crippen molar-refractivity contribution in [2.45, 2.75) is 6.04 Å². The minimum absolute atomic E-state index is 0.176. The predicted molar refractivity (Wildman–Crippen MR) is 87.6 cm³/mol. The van der Waals surface area contributed by atoms with E-state index in [1.54, 1.807) is 24.5 Å². The molecule has 0 aliphatic heterocycles. The van der Waals surface area contributed by atoms with Gasteiger partial charge in [0.2, 0.25) is 5.88 Å². The molecule has 0 aromatic carbocycles. The van der Waals surface area contributed by atoms with Crippen LogP contribution < -0.4 is 15.4 Å². The van der Waals surface area contributed by atoms with Gasteiger partial charge in [0.05, 0.1) is 19.4 Å². The molecule has 24 heavy (non-hydrogen) atoms. The highest BCUT2D eigenvalue weighted by Crippen LogP contribution is 2.20. The summed E-state index contributed by atoms with van der Waals surface area (Å²) in [4.78, 5) is 29.9. The lowest BCUT2D eigenvalue weighted by Gasteiger charge is -2.22. The van der Waals surface area contributed by atoms with Crippen LogP contribution in [0.1, 0.15) is 11.8 Å². The number of carbonyl (C=O) groups is 2. The summed E-state index contributed by atoms with van der Waals surface area (Å²) in [7, 11) is 5.16. The van der Waals surface area contributed by atoms with Gasteiger partial charge in [0.25, 0.3) is 0 Å². The van der Waals surface area contributed by atoms with Crippen LogP contribution in [0.4, 0.5) is 5.69 Å². The minimum atomic E-state index is -0.793. The summed E-state index contributed by atoms with van der Waals surface area (Å²) in [5.74, 6) is -0.604. The predicted octanol–water partition coefficient (Wildman–Crippen LogP) is 1.04. The second kappa shape index (κ2) is 8.11. The zero-order valence-electron chi connectivity index (χ0n) is 13.8. The van der Waals surface area contributed by atoms with E-state index in [1.165, 1.54) is 13.3 Å². The first-order valence-electron chi connectivity index (χ1n) is 7.31. The second-order valence-corrected chi connectivity index (χ2v) is 5.22. The Morgan fingerprint density at radius 3 is 2.71 bits per heavy atom. The normalized spacial score (nSPS) is 11.8. The monoisotopic (exact) mass is 332 g/mol. The standard InChI is InChI=1S/C16H20N4O4/c1-20(2)12(13-7-5-9-24-13)10-18-14(21)15(22)19-11-6-4-8-17-16(11)23-3/h4-9,12H,10H2,1-3H3,(H,18,21)(H,19,22). The van der Waals surface area contributed by atoms with Crippen molar-refractivity contribution in [2.75, 3.05) is 33.1 Å². The van der Waals surface area contributed by atoms with Crippen LogP contribution in [0.2, 0.25) is 0 Å². The van der Waals surface area contributed by atoms with Crippen LogP contribution in [0.15, 0.2) is 41.1 Å². The maximum absolute atomic E-state index is 12.0. The molecular weight excluding hydrogens is 312 g/mol. The number of nitrogens with one attached hydrogen (secondary N) is 2. The number of anilines is 1. The van der Waals surface area contributed by atoms with Crippen molar-refractivity contribution in [3.63, 3.8) is 0 Å². The summed E-state index contributed by atoms with van der Waals surface area (Å²) < 4.78 is 10.4. The molecule has 2 aromatic heterocycles. The molecule has 2 aromatic rings. The van der Waals surface area contributed by atoms with E-state index >= 15 is 0 Å². The summed E-state index contributed by atoms with van der Waals surface area (Å²) >= 11 is 0. The lowest BCUT2D eigenvalue weighted by Crippen LogP contribution is -2.40. The Labute approximate surface area is 139 Å². The number of pyridine rings is 1. The molecule has 0 radical (unpaired) electrons. The summed E-state index contributed by atoms with van der Waals surface area (Å²) in [5, 5.41) is 5.07. The number of amides is 2.